The lowest BCUT2D eigenvalue weighted by Gasteiger charge is -2.33. The van der Waals surface area contributed by atoms with Gasteiger partial charge in [-0.25, -0.2) is 23.4 Å². The van der Waals surface area contributed by atoms with Crippen LogP contribution in [0.15, 0.2) is 42.5 Å². The van der Waals surface area contributed by atoms with E-state index in [1.807, 2.05) is 5.43 Å². The van der Waals surface area contributed by atoms with Gasteiger partial charge in [-0.1, -0.05) is 18.2 Å². The third kappa shape index (κ3) is 4.95. The first-order valence-corrected chi connectivity index (χ1v) is 11.2. The van der Waals surface area contributed by atoms with Crippen molar-refractivity contribution in [3.63, 3.8) is 0 Å². The smallest absolute Gasteiger partial charge is 0.322 e. The van der Waals surface area contributed by atoms with Crippen LogP contribution < -0.4 is 16.2 Å². The molecule has 0 radical (unpaired) electrons. The number of nitrogens with zero attached hydrogens (tertiary/aromatic N) is 2. The van der Waals surface area contributed by atoms with E-state index in [0.29, 0.717) is 16.7 Å². The molecule has 8 nitrogen and oxygen atoms in total. The summed E-state index contributed by atoms with van der Waals surface area (Å²) in [4.78, 5) is 27.5. The lowest BCUT2D eigenvalue weighted by atomic mass is 10.1. The Morgan fingerprint density at radius 3 is 2.33 bits per heavy atom. The van der Waals surface area contributed by atoms with Crippen LogP contribution in [0.5, 0.6) is 0 Å². The lowest BCUT2D eigenvalue weighted by Crippen LogP contribution is -2.50. The maximum absolute atomic E-state index is 14.7. The molecule has 10 heteroatoms. The molecule has 1 saturated heterocycles. The Hall–Kier alpha value is -2.98. The van der Waals surface area contributed by atoms with Gasteiger partial charge in [-0.3, -0.25) is 15.1 Å². The SMILES string of the molecule is Cc1ccc(N(Cc2ccc(C(=O)NN)cc2)C(=O)N2CCS(=O)(=O)CC2)c(F)c1. The highest BCUT2D eigenvalue weighted by molar-refractivity contribution is 7.91. The molecule has 30 heavy (non-hydrogen) atoms. The number of nitrogen functional groups attached to an aromatic ring is 1. The van der Waals surface area contributed by atoms with Crippen LogP contribution >= 0.6 is 0 Å². The monoisotopic (exact) mass is 434 g/mol. The molecule has 0 bridgehead atoms. The van der Waals surface area contributed by atoms with Crippen LogP contribution in [0.25, 0.3) is 0 Å². The highest BCUT2D eigenvalue weighted by atomic mass is 32.2. The van der Waals surface area contributed by atoms with Crippen molar-refractivity contribution in [1.82, 2.24) is 10.3 Å². The standard InChI is InChI=1S/C20H23FN4O4S/c1-14-2-7-18(17(21)12-14)25(20(27)24-8-10-30(28,29)11-9-24)13-15-3-5-16(6-4-15)19(26)23-22/h2-7,12H,8-11,13,22H2,1H3,(H,23,26). The van der Waals surface area contributed by atoms with Crippen molar-refractivity contribution < 1.29 is 22.4 Å². The molecule has 3 amide bonds. The molecule has 2 aromatic carbocycles. The number of hydrogen-bond acceptors (Lipinski definition) is 5. The van der Waals surface area contributed by atoms with Gasteiger partial charge in [0.15, 0.2) is 9.84 Å². The number of sulfone groups is 1. The number of rotatable bonds is 4. The van der Waals surface area contributed by atoms with Gasteiger partial charge >= 0.3 is 6.03 Å². The largest absolute Gasteiger partial charge is 0.324 e. The molecule has 0 aromatic heterocycles. The molecule has 160 valence electrons. The van der Waals surface area contributed by atoms with Crippen molar-refractivity contribution in [3.05, 3.63) is 65.0 Å². The van der Waals surface area contributed by atoms with Crippen molar-refractivity contribution in [2.75, 3.05) is 29.5 Å². The number of aryl methyl sites for hydroxylation is 1. The highest BCUT2D eigenvalue weighted by Crippen LogP contribution is 2.25. The fraction of sp³-hybridized carbons (Fsp3) is 0.300. The Labute approximate surface area is 174 Å². The van der Waals surface area contributed by atoms with Crippen molar-refractivity contribution >= 4 is 27.5 Å². The van der Waals surface area contributed by atoms with Gasteiger partial charge in [-0.05, 0) is 42.3 Å². The quantitative estimate of drug-likeness (QED) is 0.431. The second-order valence-corrected chi connectivity index (χ2v) is 9.44. The van der Waals surface area contributed by atoms with Crippen LogP contribution in [0, 0.1) is 12.7 Å². The number of hydrogen-bond donors (Lipinski definition) is 2. The summed E-state index contributed by atoms with van der Waals surface area (Å²) in [5.74, 6) is 3.89. The van der Waals surface area contributed by atoms with E-state index in [9.17, 15) is 22.4 Å². The second kappa shape index (κ2) is 8.80. The predicted octanol–water partition coefficient (Wildman–Crippen LogP) is 1.59. The highest BCUT2D eigenvalue weighted by Gasteiger charge is 2.30. The van der Waals surface area contributed by atoms with Gasteiger partial charge in [0.25, 0.3) is 5.91 Å². The van der Waals surface area contributed by atoms with E-state index >= 15 is 0 Å². The molecule has 1 aliphatic rings. The maximum atomic E-state index is 14.7. The van der Waals surface area contributed by atoms with E-state index < -0.39 is 27.6 Å². The Balaban J connectivity index is 1.89. The Kier molecular flexibility index (Phi) is 6.37. The number of carbonyl (C=O) groups is 2. The van der Waals surface area contributed by atoms with Crippen LogP contribution in [-0.2, 0) is 16.4 Å². The molecular weight excluding hydrogens is 411 g/mol. The van der Waals surface area contributed by atoms with Gasteiger partial charge in [0.1, 0.15) is 5.82 Å². The van der Waals surface area contributed by atoms with Crippen molar-refractivity contribution in [2.45, 2.75) is 13.5 Å². The first-order valence-electron chi connectivity index (χ1n) is 9.33. The van der Waals surface area contributed by atoms with Gasteiger partial charge in [-0.15, -0.1) is 0 Å². The zero-order valence-corrected chi connectivity index (χ0v) is 17.3. The number of nitrogens with two attached hydrogens (primary N) is 1. The summed E-state index contributed by atoms with van der Waals surface area (Å²) in [7, 11) is -3.16. The zero-order chi connectivity index (χ0) is 21.9. The fourth-order valence-corrected chi connectivity index (χ4v) is 4.39. The van der Waals surface area contributed by atoms with E-state index in [1.54, 1.807) is 37.3 Å². The van der Waals surface area contributed by atoms with Gasteiger partial charge in [0.05, 0.1) is 23.7 Å². The molecule has 1 aliphatic heterocycles. The Morgan fingerprint density at radius 2 is 1.77 bits per heavy atom. The van der Waals surface area contributed by atoms with E-state index in [-0.39, 0.29) is 36.8 Å². The minimum atomic E-state index is -3.16. The third-order valence-electron chi connectivity index (χ3n) is 4.93. The molecule has 0 atom stereocenters. The molecule has 0 saturated carbocycles. The number of amides is 3. The Bertz CT molecular complexity index is 1040. The minimum absolute atomic E-state index is 0.0482. The van der Waals surface area contributed by atoms with Gasteiger partial charge < -0.3 is 4.90 Å². The summed E-state index contributed by atoms with van der Waals surface area (Å²) in [6.45, 7) is 1.91. The van der Waals surface area contributed by atoms with Crippen LogP contribution in [-0.4, -0.2) is 49.9 Å². The average molecular weight is 434 g/mol. The molecule has 0 unspecified atom stereocenters. The normalized spacial score (nSPS) is 15.5. The zero-order valence-electron chi connectivity index (χ0n) is 16.5. The van der Waals surface area contributed by atoms with Crippen LogP contribution in [0.2, 0.25) is 0 Å². The molecule has 2 aromatic rings. The van der Waals surface area contributed by atoms with Crippen molar-refractivity contribution in [1.29, 1.82) is 0 Å². The molecule has 0 spiro atoms. The first-order chi connectivity index (χ1) is 14.2. The van der Waals surface area contributed by atoms with Crippen LogP contribution in [0.1, 0.15) is 21.5 Å². The molecular formula is C20H23FN4O4S. The fourth-order valence-electron chi connectivity index (χ4n) is 3.19. The third-order valence-corrected chi connectivity index (χ3v) is 6.54. The Morgan fingerprint density at radius 1 is 1.13 bits per heavy atom. The average Bonchev–Trinajstić information content (AvgIpc) is 2.72. The summed E-state index contributed by atoms with van der Waals surface area (Å²) >= 11 is 0. The van der Waals surface area contributed by atoms with Gasteiger partial charge in [0, 0.05) is 18.7 Å². The summed E-state index contributed by atoms with van der Waals surface area (Å²) < 4.78 is 38.1. The topological polar surface area (TPSA) is 113 Å². The molecule has 3 N–H and O–H groups in total. The summed E-state index contributed by atoms with van der Waals surface area (Å²) in [5.41, 5.74) is 3.87. The molecule has 3 rings (SSSR count). The number of nitrogens with one attached hydrogen (secondary N) is 1. The molecule has 0 aliphatic carbocycles. The van der Waals surface area contributed by atoms with E-state index in [2.05, 4.69) is 0 Å². The summed E-state index contributed by atoms with van der Waals surface area (Å²) in [6, 6.07) is 10.5. The maximum Gasteiger partial charge on any atom is 0.324 e. The molecule has 1 fully saturated rings. The number of hydrazine groups is 1. The number of anilines is 1. The number of carbonyl (C=O) groups excluding carboxylic acids is 2. The van der Waals surface area contributed by atoms with Gasteiger partial charge in [0.2, 0.25) is 0 Å². The predicted molar refractivity (Wildman–Crippen MR) is 111 cm³/mol. The second-order valence-electron chi connectivity index (χ2n) is 7.13. The minimum Gasteiger partial charge on any atom is -0.322 e. The molecule has 1 heterocycles. The summed E-state index contributed by atoms with van der Waals surface area (Å²) in [5, 5.41) is 0. The van der Waals surface area contributed by atoms with E-state index in [1.165, 1.54) is 21.9 Å². The summed E-state index contributed by atoms with van der Waals surface area (Å²) in [6.07, 6.45) is 0. The van der Waals surface area contributed by atoms with Crippen LogP contribution in [0.3, 0.4) is 0 Å². The van der Waals surface area contributed by atoms with Crippen molar-refractivity contribution in [2.24, 2.45) is 5.84 Å². The van der Waals surface area contributed by atoms with E-state index in [0.717, 1.165) is 0 Å². The first kappa shape index (κ1) is 21.7. The van der Waals surface area contributed by atoms with Gasteiger partial charge in [-0.2, -0.15) is 0 Å². The van der Waals surface area contributed by atoms with E-state index in [4.69, 9.17) is 5.84 Å². The van der Waals surface area contributed by atoms with Crippen molar-refractivity contribution in [3.8, 4) is 0 Å². The number of urea groups is 1. The lowest BCUT2D eigenvalue weighted by molar-refractivity contribution is 0.0953. The number of halogens is 1. The number of benzene rings is 2. The van der Waals surface area contributed by atoms with Crippen LogP contribution in [0.4, 0.5) is 14.9 Å².